The number of thioether (sulfide) groups is 1. The molecule has 0 atom stereocenters. The molecule has 3 aromatic heterocycles. The van der Waals surface area contributed by atoms with Gasteiger partial charge in [0.25, 0.3) is 5.56 Å². The number of hydrogen-bond donors (Lipinski definition) is 1. The Kier molecular flexibility index (Phi) is 5.96. The zero-order chi connectivity index (χ0) is 22.8. The van der Waals surface area contributed by atoms with Crippen molar-refractivity contribution >= 4 is 28.9 Å². The fourth-order valence-electron chi connectivity index (χ4n) is 3.83. The lowest BCUT2D eigenvalue weighted by Gasteiger charge is -2.28. The molecule has 172 valence electrons. The van der Waals surface area contributed by atoms with E-state index in [0.717, 1.165) is 17.9 Å². The predicted octanol–water partition coefficient (Wildman–Crippen LogP) is 0.418. The van der Waals surface area contributed by atoms with Gasteiger partial charge >= 0.3 is 5.69 Å². The maximum Gasteiger partial charge on any atom is 0.329 e. The van der Waals surface area contributed by atoms with Crippen LogP contribution in [0.3, 0.4) is 0 Å². The third-order valence-corrected chi connectivity index (χ3v) is 6.49. The zero-order valence-corrected chi connectivity index (χ0v) is 18.9. The highest BCUT2D eigenvalue weighted by molar-refractivity contribution is 7.99. The highest BCUT2D eigenvalue weighted by Crippen LogP contribution is 2.23. The fraction of sp³-hybridized carbons (Fsp3) is 0.400. The number of para-hydroxylation sites is 1. The molecule has 1 fully saturated rings. The van der Waals surface area contributed by atoms with Crippen molar-refractivity contribution in [1.29, 1.82) is 0 Å². The van der Waals surface area contributed by atoms with Crippen LogP contribution in [0.1, 0.15) is 6.42 Å². The number of nitrogens with zero attached hydrogens (tertiary/aromatic N) is 8. The number of nitrogens with one attached hydrogen (secondary N) is 1. The van der Waals surface area contributed by atoms with Crippen LogP contribution >= 0.6 is 11.8 Å². The summed E-state index contributed by atoms with van der Waals surface area (Å²) in [6.07, 6.45) is 0.747. The van der Waals surface area contributed by atoms with Gasteiger partial charge in [-0.2, -0.15) is 9.67 Å². The second kappa shape index (κ2) is 9.19. The summed E-state index contributed by atoms with van der Waals surface area (Å²) >= 11 is 1.55. The Morgan fingerprint density at radius 2 is 1.94 bits per heavy atom. The molecule has 13 heteroatoms. The molecule has 4 aromatic rings. The van der Waals surface area contributed by atoms with E-state index in [-0.39, 0.29) is 0 Å². The molecule has 0 amide bonds. The van der Waals surface area contributed by atoms with Crippen LogP contribution in [0.2, 0.25) is 0 Å². The first-order valence-corrected chi connectivity index (χ1v) is 11.6. The maximum absolute atomic E-state index is 12.7. The van der Waals surface area contributed by atoms with Gasteiger partial charge in [-0.3, -0.25) is 14.3 Å². The van der Waals surface area contributed by atoms with E-state index >= 15 is 0 Å². The number of aromatic amines is 1. The molecule has 1 N–H and O–H groups in total. The van der Waals surface area contributed by atoms with Crippen molar-refractivity contribution in [3.63, 3.8) is 0 Å². The SMILES string of the molecule is Cn1c(=O)[nH]c(=O)c2c1nc(N1CCOCC1)n2CCCSc1nnnn1-c1ccccc1. The Bertz CT molecular complexity index is 1370. The quantitative estimate of drug-likeness (QED) is 0.302. The minimum absolute atomic E-state index is 0.380. The summed E-state index contributed by atoms with van der Waals surface area (Å²) in [5.74, 6) is 1.41. The molecule has 0 aliphatic carbocycles. The Morgan fingerprint density at radius 1 is 1.15 bits per heavy atom. The van der Waals surface area contributed by atoms with Crippen LogP contribution in [0.4, 0.5) is 5.95 Å². The fourth-order valence-corrected chi connectivity index (χ4v) is 4.64. The van der Waals surface area contributed by atoms with Crippen LogP contribution in [-0.2, 0) is 18.3 Å². The van der Waals surface area contributed by atoms with Crippen LogP contribution in [0.25, 0.3) is 16.9 Å². The second-order valence-electron chi connectivity index (χ2n) is 7.56. The molecule has 0 radical (unpaired) electrons. The molecule has 0 bridgehead atoms. The average Bonchev–Trinajstić information content (AvgIpc) is 3.47. The molecular formula is C20H23N9O3S. The molecule has 5 rings (SSSR count). The Labute approximate surface area is 192 Å². The monoisotopic (exact) mass is 469 g/mol. The number of anilines is 1. The molecular weight excluding hydrogens is 446 g/mol. The van der Waals surface area contributed by atoms with Crippen molar-refractivity contribution in [2.24, 2.45) is 7.05 Å². The van der Waals surface area contributed by atoms with Crippen molar-refractivity contribution in [3.05, 3.63) is 51.2 Å². The summed E-state index contributed by atoms with van der Waals surface area (Å²) in [6.45, 7) is 3.10. The topological polar surface area (TPSA) is 129 Å². The smallest absolute Gasteiger partial charge is 0.329 e. The van der Waals surface area contributed by atoms with Gasteiger partial charge in [-0.1, -0.05) is 30.0 Å². The predicted molar refractivity (Wildman–Crippen MR) is 123 cm³/mol. The van der Waals surface area contributed by atoms with E-state index in [1.165, 1.54) is 4.57 Å². The first-order chi connectivity index (χ1) is 16.1. The van der Waals surface area contributed by atoms with Gasteiger partial charge in [0, 0.05) is 32.4 Å². The summed E-state index contributed by atoms with van der Waals surface area (Å²) < 4.78 is 10.4. The molecule has 4 heterocycles. The Morgan fingerprint density at radius 3 is 2.73 bits per heavy atom. The van der Waals surface area contributed by atoms with E-state index in [1.807, 2.05) is 34.9 Å². The highest BCUT2D eigenvalue weighted by Gasteiger charge is 2.23. The van der Waals surface area contributed by atoms with Gasteiger partial charge in [-0.15, -0.1) is 5.10 Å². The lowest BCUT2D eigenvalue weighted by atomic mass is 10.3. The number of ether oxygens (including phenoxy) is 1. The Hall–Kier alpha value is -3.45. The molecule has 12 nitrogen and oxygen atoms in total. The van der Waals surface area contributed by atoms with Crippen molar-refractivity contribution in [2.75, 3.05) is 37.0 Å². The molecule has 1 aromatic carbocycles. The summed E-state index contributed by atoms with van der Waals surface area (Å²) in [4.78, 5) is 33.9. The van der Waals surface area contributed by atoms with Crippen molar-refractivity contribution in [2.45, 2.75) is 18.1 Å². The Balaban J connectivity index is 1.38. The molecule has 0 saturated carbocycles. The van der Waals surface area contributed by atoms with Gasteiger partial charge in [-0.25, -0.2) is 4.79 Å². The van der Waals surface area contributed by atoms with E-state index < -0.39 is 11.2 Å². The molecule has 1 aliphatic rings. The molecule has 1 saturated heterocycles. The number of benzene rings is 1. The van der Waals surface area contributed by atoms with Crippen molar-refractivity contribution < 1.29 is 4.74 Å². The van der Waals surface area contributed by atoms with E-state index in [4.69, 9.17) is 4.74 Å². The van der Waals surface area contributed by atoms with Crippen LogP contribution < -0.4 is 16.1 Å². The lowest BCUT2D eigenvalue weighted by molar-refractivity contribution is 0.121. The molecule has 33 heavy (non-hydrogen) atoms. The van der Waals surface area contributed by atoms with Gasteiger partial charge in [0.1, 0.15) is 0 Å². The normalized spacial score (nSPS) is 14.3. The number of fused-ring (bicyclic) bond motifs is 1. The number of H-pyrrole nitrogens is 1. The van der Waals surface area contributed by atoms with Crippen LogP contribution in [-0.4, -0.2) is 71.4 Å². The highest BCUT2D eigenvalue weighted by atomic mass is 32.2. The van der Waals surface area contributed by atoms with Gasteiger partial charge < -0.3 is 14.2 Å². The number of imidazole rings is 1. The molecule has 0 unspecified atom stereocenters. The van der Waals surface area contributed by atoms with Gasteiger partial charge in [0.15, 0.2) is 11.2 Å². The number of aryl methyl sites for hydroxylation is 2. The first kappa shape index (κ1) is 21.4. The minimum Gasteiger partial charge on any atom is -0.378 e. The molecule has 0 spiro atoms. The third kappa shape index (κ3) is 4.16. The summed E-state index contributed by atoms with van der Waals surface area (Å²) in [6, 6.07) is 9.72. The number of tetrazole rings is 1. The number of rotatable bonds is 7. The number of aromatic nitrogens is 8. The number of hydrogen-bond acceptors (Lipinski definition) is 9. The van der Waals surface area contributed by atoms with Crippen LogP contribution in [0.5, 0.6) is 0 Å². The number of morpholine rings is 1. The summed E-state index contributed by atoms with van der Waals surface area (Å²) in [5, 5.41) is 12.7. The average molecular weight is 470 g/mol. The summed E-state index contributed by atoms with van der Waals surface area (Å²) in [5.41, 5.74) is 0.769. The minimum atomic E-state index is -0.478. The zero-order valence-electron chi connectivity index (χ0n) is 18.0. The first-order valence-electron chi connectivity index (χ1n) is 10.6. The maximum atomic E-state index is 12.7. The lowest BCUT2D eigenvalue weighted by Crippen LogP contribution is -2.38. The second-order valence-corrected chi connectivity index (χ2v) is 8.63. The van der Waals surface area contributed by atoms with E-state index in [9.17, 15) is 9.59 Å². The van der Waals surface area contributed by atoms with E-state index in [1.54, 1.807) is 23.5 Å². The largest absolute Gasteiger partial charge is 0.378 e. The van der Waals surface area contributed by atoms with Crippen molar-refractivity contribution in [1.82, 2.24) is 39.3 Å². The van der Waals surface area contributed by atoms with E-state index in [2.05, 4.69) is 30.4 Å². The summed E-state index contributed by atoms with van der Waals surface area (Å²) in [7, 11) is 1.61. The molecule has 1 aliphatic heterocycles. The van der Waals surface area contributed by atoms with E-state index in [0.29, 0.717) is 55.1 Å². The van der Waals surface area contributed by atoms with Crippen molar-refractivity contribution in [3.8, 4) is 5.69 Å². The van der Waals surface area contributed by atoms with Gasteiger partial charge in [0.05, 0.1) is 18.9 Å². The van der Waals surface area contributed by atoms with Gasteiger partial charge in [0.2, 0.25) is 11.1 Å². The third-order valence-electron chi connectivity index (χ3n) is 5.48. The van der Waals surface area contributed by atoms with Crippen LogP contribution in [0.15, 0.2) is 45.1 Å². The standard InChI is InChI=1S/C20H23N9O3S/c1-26-16-15(17(30)22-19(26)31)28(18(21-16)27-9-11-32-12-10-27)8-5-13-33-20-23-24-25-29(20)14-6-3-2-4-7-14/h2-4,6-7H,5,8-13H2,1H3,(H,22,30,31). The van der Waals surface area contributed by atoms with Gasteiger partial charge in [-0.05, 0) is 29.0 Å². The van der Waals surface area contributed by atoms with Crippen LogP contribution in [0, 0.1) is 0 Å².